The molecule has 6 heteroatoms. The lowest BCUT2D eigenvalue weighted by Crippen LogP contribution is -2.06. The SMILES string of the molecule is CCc1cnc(C)nc1NCc1nnc(-c2ccccc2)o1. The van der Waals surface area contributed by atoms with E-state index >= 15 is 0 Å². The second-order valence-corrected chi connectivity index (χ2v) is 4.87. The van der Waals surface area contributed by atoms with Crippen molar-refractivity contribution in [1.29, 1.82) is 0 Å². The number of rotatable bonds is 5. The van der Waals surface area contributed by atoms with Crippen LogP contribution in [0.2, 0.25) is 0 Å². The van der Waals surface area contributed by atoms with Gasteiger partial charge in [0.25, 0.3) is 0 Å². The average Bonchev–Trinajstić information content (AvgIpc) is 3.03. The van der Waals surface area contributed by atoms with Gasteiger partial charge >= 0.3 is 0 Å². The van der Waals surface area contributed by atoms with E-state index in [1.54, 1.807) is 0 Å². The molecule has 1 aromatic carbocycles. The molecule has 0 atom stereocenters. The molecule has 0 bridgehead atoms. The van der Waals surface area contributed by atoms with Crippen molar-refractivity contribution in [1.82, 2.24) is 20.2 Å². The topological polar surface area (TPSA) is 76.7 Å². The minimum Gasteiger partial charge on any atom is -0.419 e. The van der Waals surface area contributed by atoms with Gasteiger partial charge in [0, 0.05) is 17.3 Å². The molecule has 6 nitrogen and oxygen atoms in total. The lowest BCUT2D eigenvalue weighted by molar-refractivity contribution is 0.514. The Morgan fingerprint density at radius 1 is 1.14 bits per heavy atom. The highest BCUT2D eigenvalue weighted by atomic mass is 16.4. The first kappa shape index (κ1) is 14.2. The molecular weight excluding hydrogens is 278 g/mol. The van der Waals surface area contributed by atoms with E-state index in [9.17, 15) is 0 Å². The molecule has 112 valence electrons. The molecule has 3 aromatic rings. The lowest BCUT2D eigenvalue weighted by atomic mass is 10.2. The van der Waals surface area contributed by atoms with Crippen LogP contribution in [0.25, 0.3) is 11.5 Å². The van der Waals surface area contributed by atoms with Gasteiger partial charge in [-0.1, -0.05) is 25.1 Å². The van der Waals surface area contributed by atoms with Crippen LogP contribution in [-0.2, 0) is 13.0 Å². The Bertz CT molecular complexity index is 754. The fourth-order valence-electron chi connectivity index (χ4n) is 2.09. The summed E-state index contributed by atoms with van der Waals surface area (Å²) in [6.45, 7) is 4.37. The molecule has 0 fully saturated rings. The van der Waals surface area contributed by atoms with Crippen molar-refractivity contribution in [2.75, 3.05) is 5.32 Å². The van der Waals surface area contributed by atoms with Gasteiger partial charge in [-0.3, -0.25) is 0 Å². The third-order valence-electron chi connectivity index (χ3n) is 3.26. The standard InChI is InChI=1S/C16H17N5O/c1-3-12-9-17-11(2)19-15(12)18-10-14-20-21-16(22-14)13-7-5-4-6-8-13/h4-9H,3,10H2,1-2H3,(H,17,18,19). The number of anilines is 1. The van der Waals surface area contributed by atoms with E-state index in [0.717, 1.165) is 29.2 Å². The number of hydrogen-bond acceptors (Lipinski definition) is 6. The van der Waals surface area contributed by atoms with Crippen molar-refractivity contribution in [3.05, 3.63) is 53.8 Å². The summed E-state index contributed by atoms with van der Waals surface area (Å²) in [7, 11) is 0. The van der Waals surface area contributed by atoms with Crippen LogP contribution in [-0.4, -0.2) is 20.2 Å². The Labute approximate surface area is 128 Å². The van der Waals surface area contributed by atoms with Crippen molar-refractivity contribution in [3.8, 4) is 11.5 Å². The molecule has 0 amide bonds. The molecule has 0 radical (unpaired) electrons. The Balaban J connectivity index is 1.73. The summed E-state index contributed by atoms with van der Waals surface area (Å²) in [4.78, 5) is 8.62. The minimum atomic E-state index is 0.434. The van der Waals surface area contributed by atoms with Gasteiger partial charge in [-0.05, 0) is 25.5 Å². The van der Waals surface area contributed by atoms with Crippen molar-refractivity contribution >= 4 is 5.82 Å². The van der Waals surface area contributed by atoms with Crippen molar-refractivity contribution in [2.45, 2.75) is 26.8 Å². The summed E-state index contributed by atoms with van der Waals surface area (Å²) in [5.41, 5.74) is 1.97. The van der Waals surface area contributed by atoms with Crippen LogP contribution in [0, 0.1) is 6.92 Å². The Hall–Kier alpha value is -2.76. The summed E-state index contributed by atoms with van der Waals surface area (Å²) < 4.78 is 5.67. The molecule has 2 heterocycles. The van der Waals surface area contributed by atoms with E-state index in [2.05, 4.69) is 32.4 Å². The molecule has 0 aliphatic rings. The quantitative estimate of drug-likeness (QED) is 0.779. The van der Waals surface area contributed by atoms with Gasteiger partial charge in [0.1, 0.15) is 11.6 Å². The summed E-state index contributed by atoms with van der Waals surface area (Å²) in [5.74, 6) is 2.59. The molecule has 3 rings (SSSR count). The van der Waals surface area contributed by atoms with E-state index in [4.69, 9.17) is 4.42 Å². The van der Waals surface area contributed by atoms with Gasteiger partial charge < -0.3 is 9.73 Å². The summed E-state index contributed by atoms with van der Waals surface area (Å²) in [6, 6.07) is 9.71. The first-order valence-corrected chi connectivity index (χ1v) is 7.20. The van der Waals surface area contributed by atoms with Gasteiger partial charge in [-0.25, -0.2) is 9.97 Å². The average molecular weight is 295 g/mol. The Kier molecular flexibility index (Phi) is 4.09. The van der Waals surface area contributed by atoms with Crippen LogP contribution in [0.1, 0.15) is 24.2 Å². The molecular formula is C16H17N5O. The van der Waals surface area contributed by atoms with Gasteiger partial charge in [0.2, 0.25) is 11.8 Å². The number of nitrogens with zero attached hydrogens (tertiary/aromatic N) is 4. The summed E-state index contributed by atoms with van der Waals surface area (Å²) >= 11 is 0. The molecule has 0 aliphatic carbocycles. The highest BCUT2D eigenvalue weighted by molar-refractivity contribution is 5.51. The second kappa shape index (κ2) is 6.34. The third-order valence-corrected chi connectivity index (χ3v) is 3.26. The second-order valence-electron chi connectivity index (χ2n) is 4.87. The predicted octanol–water partition coefficient (Wildman–Crippen LogP) is 3.01. The molecule has 0 saturated heterocycles. The molecule has 1 N–H and O–H groups in total. The van der Waals surface area contributed by atoms with Gasteiger partial charge in [0.05, 0.1) is 6.54 Å². The van der Waals surface area contributed by atoms with E-state index in [1.807, 2.05) is 43.5 Å². The maximum atomic E-state index is 5.67. The van der Waals surface area contributed by atoms with Crippen LogP contribution in [0.5, 0.6) is 0 Å². The van der Waals surface area contributed by atoms with Crippen molar-refractivity contribution < 1.29 is 4.42 Å². The van der Waals surface area contributed by atoms with Gasteiger partial charge in [0.15, 0.2) is 0 Å². The lowest BCUT2D eigenvalue weighted by Gasteiger charge is -2.08. The van der Waals surface area contributed by atoms with E-state index < -0.39 is 0 Å². The van der Waals surface area contributed by atoms with E-state index in [1.165, 1.54) is 0 Å². The monoisotopic (exact) mass is 295 g/mol. The zero-order valence-corrected chi connectivity index (χ0v) is 12.6. The first-order chi connectivity index (χ1) is 10.8. The highest BCUT2D eigenvalue weighted by Crippen LogP contribution is 2.18. The van der Waals surface area contributed by atoms with Crippen molar-refractivity contribution in [3.63, 3.8) is 0 Å². The van der Waals surface area contributed by atoms with Crippen LogP contribution >= 0.6 is 0 Å². The minimum absolute atomic E-state index is 0.434. The molecule has 0 spiro atoms. The summed E-state index contributed by atoms with van der Waals surface area (Å²) in [6.07, 6.45) is 2.70. The Morgan fingerprint density at radius 2 is 1.95 bits per heavy atom. The normalized spacial score (nSPS) is 10.6. The number of aryl methyl sites for hydroxylation is 2. The number of hydrogen-bond donors (Lipinski definition) is 1. The van der Waals surface area contributed by atoms with Crippen LogP contribution < -0.4 is 5.32 Å². The van der Waals surface area contributed by atoms with Crippen LogP contribution in [0.3, 0.4) is 0 Å². The zero-order chi connectivity index (χ0) is 15.4. The molecule has 0 unspecified atom stereocenters. The molecule has 0 saturated carbocycles. The van der Waals surface area contributed by atoms with E-state index in [0.29, 0.717) is 18.3 Å². The fourth-order valence-corrected chi connectivity index (χ4v) is 2.09. The maximum Gasteiger partial charge on any atom is 0.247 e. The summed E-state index contributed by atoms with van der Waals surface area (Å²) in [5, 5.41) is 11.4. The Morgan fingerprint density at radius 3 is 2.73 bits per heavy atom. The van der Waals surface area contributed by atoms with Crippen LogP contribution in [0.4, 0.5) is 5.82 Å². The molecule has 22 heavy (non-hydrogen) atoms. The first-order valence-electron chi connectivity index (χ1n) is 7.20. The number of nitrogens with one attached hydrogen (secondary N) is 1. The van der Waals surface area contributed by atoms with Crippen molar-refractivity contribution in [2.24, 2.45) is 0 Å². The third kappa shape index (κ3) is 3.11. The van der Waals surface area contributed by atoms with Gasteiger partial charge in [-0.2, -0.15) is 0 Å². The number of benzene rings is 1. The highest BCUT2D eigenvalue weighted by Gasteiger charge is 2.09. The van der Waals surface area contributed by atoms with Gasteiger partial charge in [-0.15, -0.1) is 10.2 Å². The maximum absolute atomic E-state index is 5.67. The fraction of sp³-hybridized carbons (Fsp3) is 0.250. The smallest absolute Gasteiger partial charge is 0.247 e. The van der Waals surface area contributed by atoms with Crippen LogP contribution in [0.15, 0.2) is 40.9 Å². The zero-order valence-electron chi connectivity index (χ0n) is 12.6. The predicted molar refractivity (Wildman–Crippen MR) is 83.2 cm³/mol. The number of aromatic nitrogens is 4. The van der Waals surface area contributed by atoms with E-state index in [-0.39, 0.29) is 0 Å². The molecule has 2 aromatic heterocycles. The largest absolute Gasteiger partial charge is 0.419 e. The molecule has 0 aliphatic heterocycles.